The molecule has 2 N–H and O–H groups in total. The molecule has 0 saturated heterocycles. The number of hydrogen-bond donors (Lipinski definition) is 2. The second-order valence-electron chi connectivity index (χ2n) is 5.93. The predicted molar refractivity (Wildman–Crippen MR) is 85.4 cm³/mol. The van der Waals surface area contributed by atoms with E-state index in [0.29, 0.717) is 13.1 Å². The molecule has 2 rings (SSSR count). The van der Waals surface area contributed by atoms with Crippen LogP contribution in [0.3, 0.4) is 0 Å². The molecule has 6 nitrogen and oxygen atoms in total. The topological polar surface area (TPSA) is 82.1 Å². The van der Waals surface area contributed by atoms with Crippen LogP contribution in [0.5, 0.6) is 0 Å². The van der Waals surface area contributed by atoms with E-state index < -0.39 is 0 Å². The largest absolute Gasteiger partial charge is 0.348 e. The Morgan fingerprint density at radius 2 is 1.38 bits per heavy atom. The number of nitrogens with zero attached hydrogens (tertiary/aromatic N) is 4. The Hall–Kier alpha value is -2.24. The summed E-state index contributed by atoms with van der Waals surface area (Å²) < 4.78 is 0. The van der Waals surface area contributed by atoms with Gasteiger partial charge in [-0.1, -0.05) is 13.8 Å². The van der Waals surface area contributed by atoms with Gasteiger partial charge >= 0.3 is 0 Å². The summed E-state index contributed by atoms with van der Waals surface area (Å²) in [5.41, 5.74) is 3.84. The number of nitrogens with one attached hydrogen (secondary N) is 2. The Morgan fingerprint density at radius 1 is 0.952 bits per heavy atom. The number of aromatic nitrogens is 4. The predicted octanol–water partition coefficient (Wildman–Crippen LogP) is 2.31. The molecule has 6 heteroatoms. The second kappa shape index (κ2) is 6.47. The van der Waals surface area contributed by atoms with Gasteiger partial charge in [-0.25, -0.2) is 9.97 Å². The summed E-state index contributed by atoms with van der Waals surface area (Å²) in [6, 6.07) is 0. The van der Waals surface area contributed by atoms with Gasteiger partial charge in [0.2, 0.25) is 0 Å². The number of hydrogen-bond acceptors (Lipinski definition) is 4. The van der Waals surface area contributed by atoms with E-state index in [2.05, 4.69) is 43.8 Å². The highest BCUT2D eigenvalue weighted by Crippen LogP contribution is 2.16. The van der Waals surface area contributed by atoms with E-state index >= 15 is 0 Å². The maximum Gasteiger partial charge on any atom is 0.101 e. The Bertz CT molecular complexity index is 578. The molecule has 2 aromatic rings. The normalized spacial score (nSPS) is 12.8. The molecule has 0 aliphatic rings. The van der Waals surface area contributed by atoms with Gasteiger partial charge in [0.15, 0.2) is 0 Å². The van der Waals surface area contributed by atoms with Crippen molar-refractivity contribution >= 4 is 12.4 Å². The first-order chi connectivity index (χ1) is 9.98. The third-order valence-corrected chi connectivity index (χ3v) is 3.20. The molecule has 112 valence electrons. The minimum absolute atomic E-state index is 0.00141. The zero-order valence-electron chi connectivity index (χ0n) is 13.0. The Balaban J connectivity index is 1.87. The molecule has 0 aliphatic carbocycles. The number of aromatic amines is 2. The molecule has 0 unspecified atom stereocenters. The van der Waals surface area contributed by atoms with Gasteiger partial charge < -0.3 is 9.97 Å². The van der Waals surface area contributed by atoms with Gasteiger partial charge in [0, 0.05) is 42.3 Å². The summed E-state index contributed by atoms with van der Waals surface area (Å²) in [7, 11) is 0. The fourth-order valence-electron chi connectivity index (χ4n) is 1.81. The summed E-state index contributed by atoms with van der Waals surface area (Å²) in [6.45, 7) is 9.67. The lowest BCUT2D eigenvalue weighted by atomic mass is 9.94. The molecule has 0 atom stereocenters. The SMILES string of the molecule is Cc1[nH]cnc1/C=N/CC(C)(C)C/N=C/c1nc[nH]c1C. The summed E-state index contributed by atoms with van der Waals surface area (Å²) >= 11 is 0. The number of aryl methyl sites for hydroxylation is 2. The Labute approximate surface area is 124 Å². The van der Waals surface area contributed by atoms with Crippen LogP contribution in [0.15, 0.2) is 22.6 Å². The molecule has 0 amide bonds. The van der Waals surface area contributed by atoms with Gasteiger partial charge in [-0.05, 0) is 13.8 Å². The maximum atomic E-state index is 4.48. The summed E-state index contributed by atoms with van der Waals surface area (Å²) in [4.78, 5) is 23.4. The first-order valence-electron chi connectivity index (χ1n) is 6.97. The van der Waals surface area contributed by atoms with Crippen LogP contribution >= 0.6 is 0 Å². The van der Waals surface area contributed by atoms with Crippen LogP contribution in [0.1, 0.15) is 36.6 Å². The van der Waals surface area contributed by atoms with E-state index in [1.807, 2.05) is 26.3 Å². The molecule has 0 saturated carbocycles. The van der Waals surface area contributed by atoms with Crippen LogP contribution in [0.4, 0.5) is 0 Å². The van der Waals surface area contributed by atoms with Crippen LogP contribution in [-0.4, -0.2) is 45.5 Å². The molecular formula is C15H22N6. The van der Waals surface area contributed by atoms with E-state index in [1.165, 1.54) is 0 Å². The van der Waals surface area contributed by atoms with E-state index in [0.717, 1.165) is 22.8 Å². The van der Waals surface area contributed by atoms with Crippen molar-refractivity contribution in [3.8, 4) is 0 Å². The number of rotatable bonds is 6. The first-order valence-corrected chi connectivity index (χ1v) is 6.97. The molecule has 0 spiro atoms. The fourth-order valence-corrected chi connectivity index (χ4v) is 1.81. The lowest BCUT2D eigenvalue weighted by molar-refractivity contribution is 0.396. The van der Waals surface area contributed by atoms with Gasteiger partial charge in [0.1, 0.15) is 11.4 Å². The van der Waals surface area contributed by atoms with Crippen molar-refractivity contribution in [3.63, 3.8) is 0 Å². The van der Waals surface area contributed by atoms with E-state index in [-0.39, 0.29) is 5.41 Å². The molecule has 0 aromatic carbocycles. The number of aliphatic imine (C=N–C) groups is 2. The van der Waals surface area contributed by atoms with Crippen LogP contribution < -0.4 is 0 Å². The summed E-state index contributed by atoms with van der Waals surface area (Å²) in [6.07, 6.45) is 6.99. The van der Waals surface area contributed by atoms with Gasteiger partial charge in [-0.2, -0.15) is 0 Å². The average molecular weight is 286 g/mol. The number of imidazole rings is 2. The summed E-state index contributed by atoms with van der Waals surface area (Å²) in [5.74, 6) is 0. The minimum atomic E-state index is 0.00141. The van der Waals surface area contributed by atoms with Gasteiger partial charge in [0.25, 0.3) is 0 Å². The third kappa shape index (κ3) is 4.37. The Kier molecular flexibility index (Phi) is 4.67. The monoisotopic (exact) mass is 286 g/mol. The molecule has 0 radical (unpaired) electrons. The zero-order chi connectivity index (χ0) is 15.3. The molecule has 0 fully saturated rings. The van der Waals surface area contributed by atoms with Crippen molar-refractivity contribution in [1.29, 1.82) is 0 Å². The lowest BCUT2D eigenvalue weighted by Gasteiger charge is -2.19. The zero-order valence-corrected chi connectivity index (χ0v) is 13.0. The Morgan fingerprint density at radius 3 is 1.71 bits per heavy atom. The smallest absolute Gasteiger partial charge is 0.101 e. The molecule has 2 aromatic heterocycles. The number of H-pyrrole nitrogens is 2. The van der Waals surface area contributed by atoms with Crippen LogP contribution in [0.25, 0.3) is 0 Å². The fraction of sp³-hybridized carbons (Fsp3) is 0.467. The molecule has 0 bridgehead atoms. The maximum absolute atomic E-state index is 4.48. The highest BCUT2D eigenvalue weighted by atomic mass is 14.9. The lowest BCUT2D eigenvalue weighted by Crippen LogP contribution is -2.20. The highest BCUT2D eigenvalue weighted by Gasteiger charge is 2.16. The third-order valence-electron chi connectivity index (χ3n) is 3.20. The molecule has 0 aliphatic heterocycles. The van der Waals surface area contributed by atoms with Gasteiger partial charge in [0.05, 0.1) is 12.7 Å². The second-order valence-corrected chi connectivity index (χ2v) is 5.93. The van der Waals surface area contributed by atoms with Crippen LogP contribution in [0.2, 0.25) is 0 Å². The van der Waals surface area contributed by atoms with Crippen molar-refractivity contribution in [2.24, 2.45) is 15.4 Å². The van der Waals surface area contributed by atoms with E-state index in [1.54, 1.807) is 12.7 Å². The minimum Gasteiger partial charge on any atom is -0.348 e. The van der Waals surface area contributed by atoms with Crippen molar-refractivity contribution in [1.82, 2.24) is 19.9 Å². The van der Waals surface area contributed by atoms with Crippen LogP contribution in [-0.2, 0) is 0 Å². The van der Waals surface area contributed by atoms with Crippen molar-refractivity contribution in [2.45, 2.75) is 27.7 Å². The molecular weight excluding hydrogens is 264 g/mol. The van der Waals surface area contributed by atoms with E-state index in [9.17, 15) is 0 Å². The molecule has 21 heavy (non-hydrogen) atoms. The standard InChI is InChI=1S/C15H22N6/c1-11-13(20-9-18-11)5-16-7-15(3,4)8-17-6-14-12(2)19-10-21-14/h5-6,9-10H,7-8H2,1-4H3,(H,18,20)(H,19,21)/b16-5+,17-6+. The molecule has 2 heterocycles. The average Bonchev–Trinajstić information content (AvgIpc) is 2.99. The van der Waals surface area contributed by atoms with E-state index in [4.69, 9.17) is 0 Å². The van der Waals surface area contributed by atoms with Crippen molar-refractivity contribution in [2.75, 3.05) is 13.1 Å². The van der Waals surface area contributed by atoms with Gasteiger partial charge in [-0.3, -0.25) is 9.98 Å². The summed E-state index contributed by atoms with van der Waals surface area (Å²) in [5, 5.41) is 0. The highest BCUT2D eigenvalue weighted by molar-refractivity contribution is 5.78. The first kappa shape index (κ1) is 15.2. The van der Waals surface area contributed by atoms with Crippen molar-refractivity contribution < 1.29 is 0 Å². The van der Waals surface area contributed by atoms with Crippen molar-refractivity contribution in [3.05, 3.63) is 35.4 Å². The van der Waals surface area contributed by atoms with Crippen LogP contribution in [0, 0.1) is 19.3 Å². The van der Waals surface area contributed by atoms with Gasteiger partial charge in [-0.15, -0.1) is 0 Å². The quantitative estimate of drug-likeness (QED) is 0.799.